The molecule has 0 spiro atoms. The fraction of sp³-hybridized carbons (Fsp3) is 1.00. The van der Waals surface area contributed by atoms with Crippen molar-refractivity contribution in [3.63, 3.8) is 0 Å². The average Bonchev–Trinajstić information content (AvgIpc) is 2.29. The van der Waals surface area contributed by atoms with Gasteiger partial charge in [-0.2, -0.15) is 0 Å². The molecule has 0 aromatic rings. The second kappa shape index (κ2) is 4.28. The van der Waals surface area contributed by atoms with Crippen LogP contribution >= 0.6 is 0 Å². The number of hydrogen-bond acceptors (Lipinski definition) is 3. The van der Waals surface area contributed by atoms with Crippen molar-refractivity contribution in [1.29, 1.82) is 0 Å². The summed E-state index contributed by atoms with van der Waals surface area (Å²) < 4.78 is 0. The van der Waals surface area contributed by atoms with E-state index in [0.717, 1.165) is 12.8 Å². The molecular formula is C13H24N2O. The van der Waals surface area contributed by atoms with Crippen LogP contribution in [0.1, 0.15) is 44.9 Å². The first-order valence-corrected chi connectivity index (χ1v) is 6.97. The number of hydrogen-bond donors (Lipinski definition) is 3. The predicted octanol–water partition coefficient (Wildman–Crippen LogP) is 1.01. The van der Waals surface area contributed by atoms with Gasteiger partial charge in [0.1, 0.15) is 0 Å². The Bertz CT molecular complexity index is 258. The lowest BCUT2D eigenvalue weighted by molar-refractivity contribution is -0.0207. The Morgan fingerprint density at radius 2 is 1.69 bits per heavy atom. The molecule has 16 heavy (non-hydrogen) atoms. The third-order valence-corrected chi connectivity index (χ3v) is 5.11. The van der Waals surface area contributed by atoms with Crippen LogP contribution in [0.4, 0.5) is 0 Å². The van der Waals surface area contributed by atoms with E-state index in [-0.39, 0.29) is 12.1 Å². The van der Waals surface area contributed by atoms with Crippen LogP contribution in [0.5, 0.6) is 0 Å². The van der Waals surface area contributed by atoms with Gasteiger partial charge >= 0.3 is 0 Å². The van der Waals surface area contributed by atoms with E-state index in [2.05, 4.69) is 5.32 Å². The molecule has 92 valence electrons. The van der Waals surface area contributed by atoms with E-state index >= 15 is 0 Å². The van der Waals surface area contributed by atoms with Crippen molar-refractivity contribution in [2.75, 3.05) is 0 Å². The van der Waals surface area contributed by atoms with Crippen LogP contribution in [-0.2, 0) is 0 Å². The molecule has 1 heterocycles. The van der Waals surface area contributed by atoms with Crippen LogP contribution in [0.3, 0.4) is 0 Å². The van der Waals surface area contributed by atoms with Crippen molar-refractivity contribution in [3.8, 4) is 0 Å². The van der Waals surface area contributed by atoms with Gasteiger partial charge in [-0.05, 0) is 38.0 Å². The lowest BCUT2D eigenvalue weighted by Crippen LogP contribution is -2.66. The van der Waals surface area contributed by atoms with Gasteiger partial charge in [-0.15, -0.1) is 0 Å². The minimum absolute atomic E-state index is 0.163. The Kier molecular flexibility index (Phi) is 2.94. The molecule has 3 rings (SSSR count). The number of nitrogens with one attached hydrogen (secondary N) is 1. The molecule has 4 N–H and O–H groups in total. The SMILES string of the molecule is NC1C2CCCCC2NC2CCCC(O)C21. The Hall–Kier alpha value is -0.120. The summed E-state index contributed by atoms with van der Waals surface area (Å²) in [7, 11) is 0. The first-order valence-electron chi connectivity index (χ1n) is 6.97. The molecular weight excluding hydrogens is 200 g/mol. The predicted molar refractivity (Wildman–Crippen MR) is 64.0 cm³/mol. The Labute approximate surface area is 97.8 Å². The fourth-order valence-electron chi connectivity index (χ4n) is 4.31. The molecule has 2 aliphatic carbocycles. The van der Waals surface area contributed by atoms with Gasteiger partial charge in [0.15, 0.2) is 0 Å². The molecule has 0 amide bonds. The van der Waals surface area contributed by atoms with Crippen LogP contribution in [0.25, 0.3) is 0 Å². The van der Waals surface area contributed by atoms with E-state index in [4.69, 9.17) is 5.73 Å². The molecule has 1 aliphatic heterocycles. The molecule has 0 aromatic heterocycles. The molecule has 0 bridgehead atoms. The fourth-order valence-corrected chi connectivity index (χ4v) is 4.31. The minimum Gasteiger partial charge on any atom is -0.393 e. The van der Waals surface area contributed by atoms with Crippen molar-refractivity contribution in [2.24, 2.45) is 17.6 Å². The molecule has 0 radical (unpaired) electrons. The van der Waals surface area contributed by atoms with Crippen LogP contribution in [0.2, 0.25) is 0 Å². The topological polar surface area (TPSA) is 58.3 Å². The summed E-state index contributed by atoms with van der Waals surface area (Å²) in [4.78, 5) is 0. The summed E-state index contributed by atoms with van der Waals surface area (Å²) >= 11 is 0. The summed E-state index contributed by atoms with van der Waals surface area (Å²) in [5, 5.41) is 13.9. The zero-order chi connectivity index (χ0) is 11.1. The molecule has 6 unspecified atom stereocenters. The number of fused-ring (bicyclic) bond motifs is 2. The van der Waals surface area contributed by atoms with Crippen molar-refractivity contribution < 1.29 is 5.11 Å². The largest absolute Gasteiger partial charge is 0.393 e. The molecule has 3 fully saturated rings. The van der Waals surface area contributed by atoms with Gasteiger partial charge in [-0.25, -0.2) is 0 Å². The Morgan fingerprint density at radius 1 is 0.938 bits per heavy atom. The summed E-state index contributed by atoms with van der Waals surface area (Å²) in [5.74, 6) is 0.927. The first kappa shape index (κ1) is 11.0. The minimum atomic E-state index is -0.163. The van der Waals surface area contributed by atoms with E-state index in [1.165, 1.54) is 32.1 Å². The number of aliphatic hydroxyl groups excluding tert-OH is 1. The van der Waals surface area contributed by atoms with E-state index in [9.17, 15) is 5.11 Å². The third-order valence-electron chi connectivity index (χ3n) is 5.11. The highest BCUT2D eigenvalue weighted by atomic mass is 16.3. The first-order chi connectivity index (χ1) is 7.77. The maximum Gasteiger partial charge on any atom is 0.0598 e. The molecule has 0 aromatic carbocycles. The molecule has 3 nitrogen and oxygen atoms in total. The highest BCUT2D eigenvalue weighted by Crippen LogP contribution is 2.39. The van der Waals surface area contributed by atoms with Gasteiger partial charge in [-0.3, -0.25) is 0 Å². The quantitative estimate of drug-likeness (QED) is 0.575. The highest BCUT2D eigenvalue weighted by molar-refractivity contribution is 5.04. The highest BCUT2D eigenvalue weighted by Gasteiger charge is 2.47. The zero-order valence-corrected chi connectivity index (χ0v) is 9.94. The molecule has 1 saturated heterocycles. The number of piperidine rings is 1. The van der Waals surface area contributed by atoms with Crippen LogP contribution in [0.15, 0.2) is 0 Å². The van der Waals surface area contributed by atoms with Crippen molar-refractivity contribution in [3.05, 3.63) is 0 Å². The summed E-state index contributed by atoms with van der Waals surface area (Å²) in [6.45, 7) is 0. The standard InChI is InChI=1S/C13H24N2O/c14-13-8-4-1-2-5-9(8)15-10-6-3-7-11(16)12(10)13/h8-13,15-16H,1-7,14H2. The molecule has 6 atom stereocenters. The van der Waals surface area contributed by atoms with E-state index < -0.39 is 0 Å². The van der Waals surface area contributed by atoms with Gasteiger partial charge in [0, 0.05) is 24.0 Å². The summed E-state index contributed by atoms with van der Waals surface area (Å²) in [5.41, 5.74) is 6.43. The number of rotatable bonds is 0. The van der Waals surface area contributed by atoms with E-state index in [1.807, 2.05) is 0 Å². The molecule has 2 saturated carbocycles. The monoisotopic (exact) mass is 224 g/mol. The lowest BCUT2D eigenvalue weighted by atomic mass is 9.65. The Balaban J connectivity index is 1.79. The van der Waals surface area contributed by atoms with Crippen molar-refractivity contribution in [2.45, 2.75) is 69.2 Å². The van der Waals surface area contributed by atoms with Gasteiger partial charge < -0.3 is 16.2 Å². The second-order valence-corrected chi connectivity index (χ2v) is 5.98. The van der Waals surface area contributed by atoms with Gasteiger partial charge in [0.2, 0.25) is 0 Å². The van der Waals surface area contributed by atoms with Crippen molar-refractivity contribution in [1.82, 2.24) is 5.32 Å². The normalized spacial score (nSPS) is 52.9. The maximum atomic E-state index is 10.1. The zero-order valence-electron chi connectivity index (χ0n) is 9.94. The van der Waals surface area contributed by atoms with Gasteiger partial charge in [0.25, 0.3) is 0 Å². The van der Waals surface area contributed by atoms with Gasteiger partial charge in [-0.1, -0.05) is 12.8 Å². The van der Waals surface area contributed by atoms with Crippen molar-refractivity contribution >= 4 is 0 Å². The summed E-state index contributed by atoms with van der Waals surface area (Å²) in [6.07, 6.45) is 8.37. The molecule has 3 aliphatic rings. The van der Waals surface area contributed by atoms with E-state index in [1.54, 1.807) is 0 Å². The lowest BCUT2D eigenvalue weighted by Gasteiger charge is -2.52. The summed E-state index contributed by atoms with van der Waals surface area (Å²) in [6, 6.07) is 1.35. The van der Waals surface area contributed by atoms with Crippen LogP contribution in [0, 0.1) is 11.8 Å². The Morgan fingerprint density at radius 3 is 2.56 bits per heavy atom. The van der Waals surface area contributed by atoms with E-state index in [0.29, 0.717) is 23.9 Å². The number of nitrogens with two attached hydrogens (primary N) is 1. The second-order valence-electron chi connectivity index (χ2n) is 5.98. The number of aliphatic hydroxyl groups is 1. The molecule has 3 heteroatoms. The van der Waals surface area contributed by atoms with Gasteiger partial charge in [0.05, 0.1) is 6.10 Å². The smallest absolute Gasteiger partial charge is 0.0598 e. The third kappa shape index (κ3) is 1.69. The maximum absolute atomic E-state index is 10.1. The average molecular weight is 224 g/mol. The van der Waals surface area contributed by atoms with Crippen LogP contribution < -0.4 is 11.1 Å². The van der Waals surface area contributed by atoms with Crippen LogP contribution in [-0.4, -0.2) is 29.3 Å².